The molecule has 2 aliphatic heterocycles. The summed E-state index contributed by atoms with van der Waals surface area (Å²) in [5, 5.41) is 0. The third kappa shape index (κ3) is 5.10. The molecule has 0 N–H and O–H groups in total. The van der Waals surface area contributed by atoms with Crippen LogP contribution in [0.4, 0.5) is 0 Å². The molecule has 0 spiro atoms. The summed E-state index contributed by atoms with van der Waals surface area (Å²) in [5.74, 6) is -0.410. The Morgan fingerprint density at radius 2 is 1.61 bits per heavy atom. The van der Waals surface area contributed by atoms with Gasteiger partial charge in [-0.2, -0.15) is 0 Å². The third-order valence-electron chi connectivity index (χ3n) is 8.10. The smallest absolute Gasteiger partial charge is 0.241 e. The number of rotatable bonds is 9. The van der Waals surface area contributed by atoms with Crippen LogP contribution in [-0.4, -0.2) is 71.7 Å². The Bertz CT molecular complexity index is 1090. The molecule has 2 aromatic rings. The van der Waals surface area contributed by atoms with Gasteiger partial charge in [-0.1, -0.05) is 61.0 Å². The topological polar surface area (TPSA) is 60.9 Å². The second-order valence-corrected chi connectivity index (χ2v) is 10.8. The molecule has 1 atom stereocenters. The average molecular weight is 488 g/mol. The van der Waals surface area contributed by atoms with E-state index in [9.17, 15) is 14.4 Å². The summed E-state index contributed by atoms with van der Waals surface area (Å²) in [5.41, 5.74) is 1.79. The minimum absolute atomic E-state index is 0.00726. The van der Waals surface area contributed by atoms with Crippen LogP contribution in [0.5, 0.6) is 0 Å². The van der Waals surface area contributed by atoms with Gasteiger partial charge in [0.1, 0.15) is 0 Å². The van der Waals surface area contributed by atoms with Crippen molar-refractivity contribution in [2.75, 3.05) is 33.2 Å². The molecule has 36 heavy (non-hydrogen) atoms. The molecular formula is C30H37N3O3. The highest BCUT2D eigenvalue weighted by Gasteiger charge is 2.57. The lowest BCUT2D eigenvalue weighted by atomic mass is 9.75. The standard InChI is InChI=1S/C30H37N3O3/c1-31(17-8-20-32-18-6-3-7-19-32)27(34)21-30(22-28(35)33(29(30)36)26-15-16-26)25-13-11-24(12-14-25)23-9-4-2-5-10-23/h2,4-5,9-14,26H,3,6-8,15-22H2,1H3. The Balaban J connectivity index is 1.33. The molecule has 2 heterocycles. The van der Waals surface area contributed by atoms with E-state index < -0.39 is 5.41 Å². The molecule has 0 radical (unpaired) electrons. The van der Waals surface area contributed by atoms with Crippen LogP contribution in [0.15, 0.2) is 54.6 Å². The molecule has 2 aromatic carbocycles. The minimum Gasteiger partial charge on any atom is -0.346 e. The summed E-state index contributed by atoms with van der Waals surface area (Å²) in [6.07, 6.45) is 6.58. The van der Waals surface area contributed by atoms with Gasteiger partial charge >= 0.3 is 0 Å². The first-order valence-corrected chi connectivity index (χ1v) is 13.5. The van der Waals surface area contributed by atoms with Crippen molar-refractivity contribution in [3.05, 3.63) is 60.2 Å². The number of hydrogen-bond donors (Lipinski definition) is 0. The van der Waals surface area contributed by atoms with Crippen LogP contribution in [0.2, 0.25) is 0 Å². The van der Waals surface area contributed by atoms with Gasteiger partial charge in [0, 0.05) is 32.5 Å². The zero-order valence-electron chi connectivity index (χ0n) is 21.3. The number of benzene rings is 2. The maximum atomic E-state index is 13.8. The van der Waals surface area contributed by atoms with Crippen molar-refractivity contribution in [1.29, 1.82) is 0 Å². The van der Waals surface area contributed by atoms with Crippen LogP contribution in [-0.2, 0) is 19.8 Å². The number of nitrogens with zero attached hydrogens (tertiary/aromatic N) is 3. The molecule has 1 unspecified atom stereocenters. The molecule has 3 amide bonds. The van der Waals surface area contributed by atoms with Gasteiger partial charge in [-0.15, -0.1) is 0 Å². The van der Waals surface area contributed by atoms with Crippen molar-refractivity contribution >= 4 is 17.7 Å². The van der Waals surface area contributed by atoms with Crippen LogP contribution >= 0.6 is 0 Å². The van der Waals surface area contributed by atoms with E-state index in [0.29, 0.717) is 6.54 Å². The Morgan fingerprint density at radius 3 is 2.28 bits per heavy atom. The highest BCUT2D eigenvalue weighted by atomic mass is 16.2. The first-order valence-electron chi connectivity index (χ1n) is 13.5. The fraction of sp³-hybridized carbons (Fsp3) is 0.500. The van der Waals surface area contributed by atoms with Crippen LogP contribution < -0.4 is 0 Å². The number of piperidine rings is 1. The Hall–Kier alpha value is -2.99. The second kappa shape index (κ2) is 10.6. The van der Waals surface area contributed by atoms with Crippen molar-refractivity contribution in [1.82, 2.24) is 14.7 Å². The Kier molecular flexibility index (Phi) is 7.24. The van der Waals surface area contributed by atoms with Crippen molar-refractivity contribution in [3.8, 4) is 11.1 Å². The summed E-state index contributed by atoms with van der Waals surface area (Å²) in [6, 6.07) is 17.9. The van der Waals surface area contributed by atoms with Crippen LogP contribution in [0, 0.1) is 0 Å². The lowest BCUT2D eigenvalue weighted by Gasteiger charge is -2.30. The van der Waals surface area contributed by atoms with Crippen molar-refractivity contribution in [2.24, 2.45) is 0 Å². The van der Waals surface area contributed by atoms with E-state index in [1.807, 2.05) is 61.6 Å². The summed E-state index contributed by atoms with van der Waals surface area (Å²) in [6.45, 7) is 3.95. The maximum Gasteiger partial charge on any atom is 0.241 e. The SMILES string of the molecule is CN(CCCN1CCCCC1)C(=O)CC1(c2ccc(-c3ccccc3)cc2)CC(=O)N(C2CC2)C1=O. The first-order chi connectivity index (χ1) is 17.5. The lowest BCUT2D eigenvalue weighted by molar-refractivity contribution is -0.143. The zero-order chi connectivity index (χ0) is 25.1. The van der Waals surface area contributed by atoms with E-state index in [4.69, 9.17) is 0 Å². The molecule has 5 rings (SSSR count). The summed E-state index contributed by atoms with van der Waals surface area (Å²) in [4.78, 5) is 45.9. The van der Waals surface area contributed by atoms with Gasteiger partial charge in [0.25, 0.3) is 0 Å². The summed E-state index contributed by atoms with van der Waals surface area (Å²) >= 11 is 0. The van der Waals surface area contributed by atoms with Gasteiger partial charge in [0.2, 0.25) is 17.7 Å². The predicted molar refractivity (Wildman–Crippen MR) is 140 cm³/mol. The fourth-order valence-electron chi connectivity index (χ4n) is 5.78. The van der Waals surface area contributed by atoms with E-state index >= 15 is 0 Å². The number of amides is 3. The average Bonchev–Trinajstić information content (AvgIpc) is 3.70. The molecule has 2 saturated heterocycles. The van der Waals surface area contributed by atoms with Gasteiger partial charge in [0.05, 0.1) is 5.41 Å². The predicted octanol–water partition coefficient (Wildman–Crippen LogP) is 4.24. The lowest BCUT2D eigenvalue weighted by Crippen LogP contribution is -2.43. The molecule has 1 aliphatic carbocycles. The molecule has 6 nitrogen and oxygen atoms in total. The van der Waals surface area contributed by atoms with Crippen LogP contribution in [0.3, 0.4) is 0 Å². The highest BCUT2D eigenvalue weighted by molar-refractivity contribution is 6.11. The van der Waals surface area contributed by atoms with E-state index in [1.54, 1.807) is 4.90 Å². The number of imide groups is 1. The highest BCUT2D eigenvalue weighted by Crippen LogP contribution is 2.44. The molecule has 3 fully saturated rings. The monoisotopic (exact) mass is 487 g/mol. The molecule has 3 aliphatic rings. The number of likely N-dealkylation sites (tertiary alicyclic amines) is 2. The van der Waals surface area contributed by atoms with E-state index in [0.717, 1.165) is 55.6 Å². The fourth-order valence-corrected chi connectivity index (χ4v) is 5.78. The summed E-state index contributed by atoms with van der Waals surface area (Å²) in [7, 11) is 1.82. The van der Waals surface area contributed by atoms with Crippen molar-refractivity contribution in [2.45, 2.75) is 62.8 Å². The van der Waals surface area contributed by atoms with Gasteiger partial charge < -0.3 is 9.80 Å². The second-order valence-electron chi connectivity index (χ2n) is 10.8. The quantitative estimate of drug-likeness (QED) is 0.497. The molecule has 190 valence electrons. The number of carbonyl (C=O) groups is 3. The number of carbonyl (C=O) groups excluding carboxylic acids is 3. The van der Waals surface area contributed by atoms with Gasteiger partial charge in [-0.25, -0.2) is 0 Å². The molecule has 0 bridgehead atoms. The minimum atomic E-state index is -1.12. The molecule has 0 aromatic heterocycles. The van der Waals surface area contributed by atoms with Crippen LogP contribution in [0.25, 0.3) is 11.1 Å². The summed E-state index contributed by atoms with van der Waals surface area (Å²) < 4.78 is 0. The zero-order valence-corrected chi connectivity index (χ0v) is 21.3. The normalized spacial score (nSPS) is 22.8. The third-order valence-corrected chi connectivity index (χ3v) is 8.10. The maximum absolute atomic E-state index is 13.8. The first kappa shape index (κ1) is 24.7. The van der Waals surface area contributed by atoms with Crippen molar-refractivity contribution in [3.63, 3.8) is 0 Å². The molecular weight excluding hydrogens is 450 g/mol. The largest absolute Gasteiger partial charge is 0.346 e. The molecule has 6 heteroatoms. The van der Waals surface area contributed by atoms with Gasteiger partial charge in [-0.3, -0.25) is 19.3 Å². The van der Waals surface area contributed by atoms with Crippen LogP contribution in [0.1, 0.15) is 56.9 Å². The van der Waals surface area contributed by atoms with Crippen molar-refractivity contribution < 1.29 is 14.4 Å². The van der Waals surface area contributed by atoms with E-state index in [-0.39, 0.29) is 36.6 Å². The van der Waals surface area contributed by atoms with E-state index in [1.165, 1.54) is 24.2 Å². The number of hydrogen-bond acceptors (Lipinski definition) is 4. The Morgan fingerprint density at radius 1 is 0.944 bits per heavy atom. The van der Waals surface area contributed by atoms with E-state index in [2.05, 4.69) is 4.90 Å². The Labute approximate surface area is 214 Å². The molecule has 1 saturated carbocycles. The van der Waals surface area contributed by atoms with Gasteiger partial charge in [-0.05, 0) is 68.4 Å². The van der Waals surface area contributed by atoms with Gasteiger partial charge in [0.15, 0.2) is 0 Å².